The molecule has 8 nitrogen and oxygen atoms in total. The standard InChI is InChI=1S/C39H41ClFN8.Na/c1-26-14-18-44-30(22-26)23-34(41)27(2)49-21-20-48(24-31(49)13-16-42)39-32-15-19-47(36-10-4-7-28-6-3-9-33(40)38(28)36)25-35(32)45-37(46-39)12-11-29-8-5-17-43-29;/h3-4,6-7,9-10,14,18,22-23,29,31H,2,5,8,11-13,15,17,19-21,24-25H2,1H3;/q-1;+1/b34-23-;. The van der Waals surface area contributed by atoms with Crippen molar-refractivity contribution in [3.8, 4) is 6.07 Å². The van der Waals surface area contributed by atoms with E-state index in [1.54, 1.807) is 6.20 Å². The van der Waals surface area contributed by atoms with Gasteiger partial charge in [-0.2, -0.15) is 5.26 Å². The molecule has 2 atom stereocenters. The summed E-state index contributed by atoms with van der Waals surface area (Å²) in [6, 6.07) is 18.5. The van der Waals surface area contributed by atoms with E-state index in [4.69, 9.17) is 26.9 Å². The predicted molar refractivity (Wildman–Crippen MR) is 195 cm³/mol. The second kappa shape index (κ2) is 16.2. The van der Waals surface area contributed by atoms with Gasteiger partial charge < -0.3 is 20.0 Å². The van der Waals surface area contributed by atoms with E-state index < -0.39 is 5.83 Å². The molecule has 2 unspecified atom stereocenters. The minimum atomic E-state index is -0.442. The molecule has 3 aliphatic heterocycles. The molecule has 0 aliphatic carbocycles. The Kier molecular flexibility index (Phi) is 11.8. The normalized spacial score (nSPS) is 19.2. The summed E-state index contributed by atoms with van der Waals surface area (Å²) in [5.74, 6) is 1.33. The fourth-order valence-electron chi connectivity index (χ4n) is 7.47. The molecule has 4 aromatic rings. The van der Waals surface area contributed by atoms with Gasteiger partial charge in [-0.15, -0.1) is 12.6 Å². The molecule has 7 rings (SSSR count). The Hall–Kier alpha value is -3.52. The van der Waals surface area contributed by atoms with Crippen LogP contribution in [0.1, 0.15) is 54.0 Å². The van der Waals surface area contributed by atoms with E-state index in [0.717, 1.165) is 95.1 Å². The second-order valence-corrected chi connectivity index (χ2v) is 13.7. The predicted octanol–water partition coefficient (Wildman–Crippen LogP) is 4.95. The van der Waals surface area contributed by atoms with Crippen molar-refractivity contribution < 1.29 is 33.9 Å². The molecule has 2 aromatic carbocycles. The maximum absolute atomic E-state index is 15.6. The van der Waals surface area contributed by atoms with Gasteiger partial charge >= 0.3 is 29.6 Å². The number of rotatable bonds is 9. The van der Waals surface area contributed by atoms with Crippen LogP contribution in [0.25, 0.3) is 22.2 Å². The number of fused-ring (bicyclic) bond motifs is 2. The van der Waals surface area contributed by atoms with Gasteiger partial charge in [-0.1, -0.05) is 61.7 Å². The summed E-state index contributed by atoms with van der Waals surface area (Å²) < 4.78 is 15.6. The Labute approximate surface area is 321 Å². The van der Waals surface area contributed by atoms with E-state index in [-0.39, 0.29) is 47.7 Å². The Morgan fingerprint density at radius 1 is 1.14 bits per heavy atom. The minimum absolute atomic E-state index is 0. The van der Waals surface area contributed by atoms with Crippen LogP contribution in [-0.4, -0.2) is 64.7 Å². The van der Waals surface area contributed by atoms with Crippen LogP contribution in [0.3, 0.4) is 0 Å². The summed E-state index contributed by atoms with van der Waals surface area (Å²) in [6.07, 6.45) is 8.08. The number of anilines is 2. The van der Waals surface area contributed by atoms with E-state index in [1.807, 2.05) is 36.1 Å². The molecule has 2 fully saturated rings. The van der Waals surface area contributed by atoms with Gasteiger partial charge in [-0.25, -0.2) is 14.4 Å². The molecule has 5 heterocycles. The van der Waals surface area contributed by atoms with Crippen molar-refractivity contribution in [3.63, 3.8) is 0 Å². The van der Waals surface area contributed by atoms with Gasteiger partial charge in [-0.3, -0.25) is 4.98 Å². The van der Waals surface area contributed by atoms with Gasteiger partial charge in [0.15, 0.2) is 0 Å². The number of benzene rings is 2. The third-order valence-corrected chi connectivity index (χ3v) is 10.3. The van der Waals surface area contributed by atoms with E-state index in [2.05, 4.69) is 51.7 Å². The van der Waals surface area contributed by atoms with Crippen LogP contribution in [0.4, 0.5) is 15.9 Å². The third kappa shape index (κ3) is 7.85. The Morgan fingerprint density at radius 2 is 1.98 bits per heavy atom. The smallest absolute Gasteiger partial charge is 0.660 e. The number of aromatic nitrogens is 3. The summed E-state index contributed by atoms with van der Waals surface area (Å²) in [4.78, 5) is 21.3. The van der Waals surface area contributed by atoms with Crippen LogP contribution in [0, 0.1) is 18.3 Å². The molecule has 0 bridgehead atoms. The molecule has 252 valence electrons. The first kappa shape index (κ1) is 36.3. The van der Waals surface area contributed by atoms with Crippen molar-refractivity contribution in [2.75, 3.05) is 42.5 Å². The summed E-state index contributed by atoms with van der Waals surface area (Å²) in [7, 11) is 0. The second-order valence-electron chi connectivity index (χ2n) is 13.3. The van der Waals surface area contributed by atoms with Crippen LogP contribution < -0.4 is 39.4 Å². The van der Waals surface area contributed by atoms with E-state index in [1.165, 1.54) is 6.08 Å². The monoisotopic (exact) mass is 698 g/mol. The topological polar surface area (TPSA) is 86.3 Å². The number of hydrogen-bond acceptors (Lipinski definition) is 7. The number of aryl methyl sites for hydroxylation is 2. The third-order valence-electron chi connectivity index (χ3n) is 9.99. The van der Waals surface area contributed by atoms with Crippen molar-refractivity contribution in [2.24, 2.45) is 0 Å². The molecule has 2 aromatic heterocycles. The van der Waals surface area contributed by atoms with Gasteiger partial charge in [-0.05, 0) is 48.6 Å². The average Bonchev–Trinajstić information content (AvgIpc) is 3.64. The molecule has 2 saturated heterocycles. The van der Waals surface area contributed by atoms with Gasteiger partial charge in [0.05, 0.1) is 47.2 Å². The zero-order valence-electron chi connectivity index (χ0n) is 29.0. The number of nitrogens with zero attached hydrogens (tertiary/aromatic N) is 8. The van der Waals surface area contributed by atoms with Crippen molar-refractivity contribution in [1.82, 2.24) is 19.9 Å². The maximum atomic E-state index is 15.6. The van der Waals surface area contributed by atoms with Gasteiger partial charge in [0.25, 0.3) is 0 Å². The van der Waals surface area contributed by atoms with Crippen LogP contribution >= 0.6 is 11.6 Å². The van der Waals surface area contributed by atoms with E-state index in [9.17, 15) is 5.26 Å². The Morgan fingerprint density at radius 3 is 2.76 bits per heavy atom. The number of nitriles is 1. The number of pyridine rings is 1. The molecule has 0 saturated carbocycles. The first-order chi connectivity index (χ1) is 23.9. The molecular formula is C39H41ClFN8Na. The van der Waals surface area contributed by atoms with Crippen molar-refractivity contribution >= 4 is 40.0 Å². The molecule has 0 amide bonds. The summed E-state index contributed by atoms with van der Waals surface area (Å²) >= 11 is 6.75. The number of piperazine rings is 1. The summed E-state index contributed by atoms with van der Waals surface area (Å²) in [5, 5.41) is 17.5. The molecule has 0 spiro atoms. The van der Waals surface area contributed by atoms with Crippen molar-refractivity contribution in [1.29, 1.82) is 5.26 Å². The molecular weight excluding hydrogens is 658 g/mol. The van der Waals surface area contributed by atoms with Gasteiger partial charge in [0, 0.05) is 61.5 Å². The number of halogens is 2. The Bertz CT molecular complexity index is 1930. The molecule has 11 heteroatoms. The largest absolute Gasteiger partial charge is 1.00 e. The number of allylic oxidation sites excluding steroid dienone is 1. The van der Waals surface area contributed by atoms with E-state index in [0.29, 0.717) is 37.9 Å². The fourth-order valence-corrected chi connectivity index (χ4v) is 7.75. The summed E-state index contributed by atoms with van der Waals surface area (Å²) in [5.41, 5.74) is 5.11. The molecule has 0 N–H and O–H groups in total. The fraction of sp³-hybridized carbons (Fsp3) is 0.385. The van der Waals surface area contributed by atoms with Crippen LogP contribution in [0.5, 0.6) is 0 Å². The average molecular weight is 699 g/mol. The quantitative estimate of drug-likeness (QED) is 0.181. The van der Waals surface area contributed by atoms with Gasteiger partial charge in [0.2, 0.25) is 0 Å². The maximum Gasteiger partial charge on any atom is 1.00 e. The zero-order valence-corrected chi connectivity index (χ0v) is 31.7. The summed E-state index contributed by atoms with van der Waals surface area (Å²) in [6.45, 7) is 10.1. The van der Waals surface area contributed by atoms with Crippen LogP contribution in [-0.2, 0) is 19.4 Å². The first-order valence-electron chi connectivity index (χ1n) is 17.2. The minimum Gasteiger partial charge on any atom is -0.660 e. The molecule has 0 radical (unpaired) electrons. The van der Waals surface area contributed by atoms with Crippen LogP contribution in [0.2, 0.25) is 5.02 Å². The molecule has 50 heavy (non-hydrogen) atoms. The van der Waals surface area contributed by atoms with Crippen molar-refractivity contribution in [3.05, 3.63) is 112 Å². The zero-order chi connectivity index (χ0) is 33.9. The first-order valence-corrected chi connectivity index (χ1v) is 17.6. The van der Waals surface area contributed by atoms with E-state index >= 15 is 4.39 Å². The van der Waals surface area contributed by atoms with Crippen LogP contribution in [0.15, 0.2) is 72.8 Å². The Balaban J connectivity index is 0.00000432. The number of hydrogen-bond donors (Lipinski definition) is 0. The molecule has 3 aliphatic rings. The SMILES string of the molecule is C=C(/C(F)=C/c1cc(C)ccn1)N1CCN(c2nc(CCC3CCC[N-]3)nc3c2CCN(c2cccc4cccc(Cl)c24)C3)CC1CC#N.[Na+]. The van der Waals surface area contributed by atoms with Gasteiger partial charge in [0.1, 0.15) is 17.5 Å². The van der Waals surface area contributed by atoms with Crippen molar-refractivity contribution in [2.45, 2.75) is 64.1 Å².